The number of benzene rings is 2. The van der Waals surface area contributed by atoms with E-state index in [1.165, 1.54) is 21.3 Å². The molecular weight excluding hydrogens is 372 g/mol. The van der Waals surface area contributed by atoms with Crippen molar-refractivity contribution in [2.75, 3.05) is 27.9 Å². The van der Waals surface area contributed by atoms with Gasteiger partial charge in [-0.15, -0.1) is 0 Å². The van der Waals surface area contributed by atoms with Crippen molar-refractivity contribution < 1.29 is 28.8 Å². The second-order valence-electron chi connectivity index (χ2n) is 5.75. The molecule has 0 radical (unpaired) electrons. The third kappa shape index (κ3) is 4.77. The van der Waals surface area contributed by atoms with Gasteiger partial charge in [0.15, 0.2) is 23.0 Å². The number of hydrogen-bond donors (Lipinski definition) is 1. The molecule has 1 atom stereocenters. The number of carboxylic acid groups (broad SMARTS) is 1. The molecule has 0 fully saturated rings. The fourth-order valence-corrected chi connectivity index (χ4v) is 3.12. The Hall–Kier alpha value is -2.60. The third-order valence-corrected chi connectivity index (χ3v) is 4.41. The second-order valence-corrected chi connectivity index (χ2v) is 6.16. The normalized spacial score (nSPS) is 11.6. The lowest BCUT2D eigenvalue weighted by Gasteiger charge is -2.17. The van der Waals surface area contributed by atoms with Crippen LogP contribution in [0.25, 0.3) is 0 Å². The van der Waals surface area contributed by atoms with Crippen LogP contribution in [0.1, 0.15) is 24.0 Å². The van der Waals surface area contributed by atoms with E-state index in [0.717, 1.165) is 5.56 Å². The van der Waals surface area contributed by atoms with Crippen LogP contribution in [0.2, 0.25) is 5.02 Å². The minimum absolute atomic E-state index is 0.229. The van der Waals surface area contributed by atoms with Crippen molar-refractivity contribution in [3.05, 3.63) is 46.5 Å². The number of ether oxygens (including phenoxy) is 4. The van der Waals surface area contributed by atoms with E-state index in [4.69, 9.17) is 30.5 Å². The number of methoxy groups -OCH3 is 3. The lowest BCUT2D eigenvalue weighted by atomic mass is 9.91. The summed E-state index contributed by atoms with van der Waals surface area (Å²) in [5, 5.41) is 10.1. The summed E-state index contributed by atoms with van der Waals surface area (Å²) >= 11 is 6.30. The molecule has 0 bridgehead atoms. The molecule has 27 heavy (non-hydrogen) atoms. The van der Waals surface area contributed by atoms with Gasteiger partial charge in [0.2, 0.25) is 0 Å². The Labute approximate surface area is 163 Å². The van der Waals surface area contributed by atoms with Crippen LogP contribution in [0.4, 0.5) is 0 Å². The molecule has 7 heteroatoms. The van der Waals surface area contributed by atoms with Gasteiger partial charge in [-0.2, -0.15) is 0 Å². The Balaban J connectivity index is 2.40. The number of carbonyl (C=O) groups is 1. The van der Waals surface area contributed by atoms with Gasteiger partial charge >= 0.3 is 5.97 Å². The Morgan fingerprint density at radius 1 is 1.04 bits per heavy atom. The van der Waals surface area contributed by atoms with Crippen molar-refractivity contribution >= 4 is 17.6 Å². The zero-order chi connectivity index (χ0) is 20.0. The van der Waals surface area contributed by atoms with Crippen molar-refractivity contribution in [1.82, 2.24) is 0 Å². The predicted octanol–water partition coefficient (Wildman–Crippen LogP) is 4.18. The Bertz CT molecular complexity index is 805. The number of hydrogen-bond acceptors (Lipinski definition) is 5. The molecule has 0 saturated carbocycles. The summed E-state index contributed by atoms with van der Waals surface area (Å²) in [6.45, 7) is 2.29. The largest absolute Gasteiger partial charge is 0.493 e. The fourth-order valence-electron chi connectivity index (χ4n) is 2.83. The van der Waals surface area contributed by atoms with Crippen LogP contribution < -0.4 is 18.9 Å². The van der Waals surface area contributed by atoms with E-state index < -0.39 is 11.9 Å². The van der Waals surface area contributed by atoms with E-state index in [0.29, 0.717) is 40.2 Å². The van der Waals surface area contributed by atoms with Gasteiger partial charge in [-0.3, -0.25) is 4.79 Å². The highest BCUT2D eigenvalue weighted by atomic mass is 35.5. The molecule has 2 aromatic rings. The topological polar surface area (TPSA) is 74.2 Å². The lowest BCUT2D eigenvalue weighted by Crippen LogP contribution is -2.15. The fraction of sp³-hybridized carbons (Fsp3) is 0.350. The molecule has 0 heterocycles. The van der Waals surface area contributed by atoms with E-state index in [2.05, 4.69) is 0 Å². The molecule has 2 aromatic carbocycles. The molecule has 0 amide bonds. The van der Waals surface area contributed by atoms with Gasteiger partial charge in [0.1, 0.15) is 0 Å². The van der Waals surface area contributed by atoms with E-state index >= 15 is 0 Å². The predicted molar refractivity (Wildman–Crippen MR) is 103 cm³/mol. The zero-order valence-electron chi connectivity index (χ0n) is 15.7. The first-order valence-electron chi connectivity index (χ1n) is 8.39. The maximum Gasteiger partial charge on any atom is 0.311 e. The molecule has 0 spiro atoms. The summed E-state index contributed by atoms with van der Waals surface area (Å²) in [6.07, 6.45) is 0.229. The van der Waals surface area contributed by atoms with Crippen LogP contribution in [0.5, 0.6) is 23.0 Å². The van der Waals surface area contributed by atoms with Crippen molar-refractivity contribution in [3.8, 4) is 23.0 Å². The molecule has 0 aliphatic heterocycles. The molecule has 1 unspecified atom stereocenters. The highest BCUT2D eigenvalue weighted by molar-refractivity contribution is 6.32. The van der Waals surface area contributed by atoms with Crippen LogP contribution in [-0.2, 0) is 11.2 Å². The van der Waals surface area contributed by atoms with E-state index in [1.807, 2.05) is 6.92 Å². The molecule has 6 nitrogen and oxygen atoms in total. The molecule has 1 N–H and O–H groups in total. The monoisotopic (exact) mass is 394 g/mol. The van der Waals surface area contributed by atoms with Crippen LogP contribution in [0.3, 0.4) is 0 Å². The standard InChI is InChI=1S/C20H23ClO6/c1-5-27-19-15(21)9-12(10-18(19)26-4)8-14(20(22)23)13-6-7-16(24-2)17(11-13)25-3/h6-7,9-11,14H,5,8H2,1-4H3,(H,22,23). The summed E-state index contributed by atoms with van der Waals surface area (Å²) < 4.78 is 21.3. The van der Waals surface area contributed by atoms with Crippen molar-refractivity contribution in [2.24, 2.45) is 0 Å². The van der Waals surface area contributed by atoms with Crippen LogP contribution in [0.15, 0.2) is 30.3 Å². The highest BCUT2D eigenvalue weighted by Gasteiger charge is 2.23. The molecule has 0 aliphatic rings. The summed E-state index contributed by atoms with van der Waals surface area (Å²) in [6, 6.07) is 8.52. The lowest BCUT2D eigenvalue weighted by molar-refractivity contribution is -0.138. The molecule has 2 rings (SSSR count). The Morgan fingerprint density at radius 2 is 1.70 bits per heavy atom. The maximum absolute atomic E-state index is 11.9. The summed E-state index contributed by atoms with van der Waals surface area (Å²) in [5.41, 5.74) is 1.33. The molecule has 0 aliphatic carbocycles. The first-order valence-corrected chi connectivity index (χ1v) is 8.76. The minimum Gasteiger partial charge on any atom is -0.493 e. The maximum atomic E-state index is 11.9. The van der Waals surface area contributed by atoms with Gasteiger partial charge in [-0.1, -0.05) is 17.7 Å². The smallest absolute Gasteiger partial charge is 0.311 e. The first kappa shape index (κ1) is 20.7. The molecule has 0 saturated heterocycles. The highest BCUT2D eigenvalue weighted by Crippen LogP contribution is 2.38. The van der Waals surface area contributed by atoms with Gasteiger partial charge < -0.3 is 24.1 Å². The number of aliphatic carboxylic acids is 1. The van der Waals surface area contributed by atoms with Gasteiger partial charge in [-0.25, -0.2) is 0 Å². The minimum atomic E-state index is -0.953. The van der Waals surface area contributed by atoms with Crippen molar-refractivity contribution in [1.29, 1.82) is 0 Å². The zero-order valence-corrected chi connectivity index (χ0v) is 16.5. The van der Waals surface area contributed by atoms with Gasteiger partial charge in [0, 0.05) is 0 Å². The summed E-state index contributed by atoms with van der Waals surface area (Å²) in [7, 11) is 4.55. The van der Waals surface area contributed by atoms with Crippen LogP contribution >= 0.6 is 11.6 Å². The van der Waals surface area contributed by atoms with Gasteiger partial charge in [-0.05, 0) is 48.7 Å². The SMILES string of the molecule is CCOc1c(Cl)cc(CC(C(=O)O)c2ccc(OC)c(OC)c2)cc1OC. The van der Waals surface area contributed by atoms with E-state index in [9.17, 15) is 9.90 Å². The van der Waals surface area contributed by atoms with Gasteiger partial charge in [0.05, 0.1) is 38.9 Å². The third-order valence-electron chi connectivity index (χ3n) is 4.13. The van der Waals surface area contributed by atoms with Crippen LogP contribution in [-0.4, -0.2) is 39.0 Å². The van der Waals surface area contributed by atoms with Crippen molar-refractivity contribution in [3.63, 3.8) is 0 Å². The first-order chi connectivity index (χ1) is 12.9. The average molecular weight is 395 g/mol. The van der Waals surface area contributed by atoms with E-state index in [-0.39, 0.29) is 6.42 Å². The number of halogens is 1. The number of carboxylic acids is 1. The Kier molecular flexibility index (Phi) is 7.19. The molecule has 146 valence electrons. The molecular formula is C20H23ClO6. The summed E-state index contributed by atoms with van der Waals surface area (Å²) in [5.74, 6) is 0.189. The second kappa shape index (κ2) is 9.37. The summed E-state index contributed by atoms with van der Waals surface area (Å²) in [4.78, 5) is 11.9. The van der Waals surface area contributed by atoms with Crippen molar-refractivity contribution in [2.45, 2.75) is 19.3 Å². The quantitative estimate of drug-likeness (QED) is 0.687. The number of rotatable bonds is 9. The van der Waals surface area contributed by atoms with Crippen LogP contribution in [0, 0.1) is 0 Å². The Morgan fingerprint density at radius 3 is 2.26 bits per heavy atom. The van der Waals surface area contributed by atoms with Gasteiger partial charge in [0.25, 0.3) is 0 Å². The average Bonchev–Trinajstić information content (AvgIpc) is 2.67. The molecule has 0 aromatic heterocycles. The van der Waals surface area contributed by atoms with E-state index in [1.54, 1.807) is 30.3 Å².